The Labute approximate surface area is 80.5 Å². The molecule has 0 atom stereocenters. The lowest BCUT2D eigenvalue weighted by atomic mass is 10.2. The fourth-order valence-corrected chi connectivity index (χ4v) is 1.32. The van der Waals surface area contributed by atoms with E-state index >= 15 is 0 Å². The lowest BCUT2D eigenvalue weighted by Crippen LogP contribution is -2.13. The van der Waals surface area contributed by atoms with Crippen molar-refractivity contribution in [1.29, 1.82) is 0 Å². The molecule has 0 saturated heterocycles. The van der Waals surface area contributed by atoms with E-state index in [4.69, 9.17) is 0 Å². The molecule has 0 saturated carbocycles. The summed E-state index contributed by atoms with van der Waals surface area (Å²) in [4.78, 5) is 10.9. The summed E-state index contributed by atoms with van der Waals surface area (Å²) < 4.78 is 0. The van der Waals surface area contributed by atoms with Crippen LogP contribution in [-0.4, -0.2) is 5.91 Å². The molecule has 0 spiro atoms. The van der Waals surface area contributed by atoms with E-state index in [0.29, 0.717) is 6.42 Å². The highest BCUT2D eigenvalue weighted by Gasteiger charge is 2.17. The molecule has 0 aromatic rings. The van der Waals surface area contributed by atoms with Gasteiger partial charge in [0.1, 0.15) is 0 Å². The van der Waals surface area contributed by atoms with Crippen molar-refractivity contribution in [3.63, 3.8) is 0 Å². The Kier molecular flexibility index (Phi) is 3.50. The molecule has 0 radical (unpaired) electrons. The van der Waals surface area contributed by atoms with Crippen LogP contribution in [0.4, 0.5) is 0 Å². The third-order valence-corrected chi connectivity index (χ3v) is 1.85. The second kappa shape index (κ2) is 4.65. The standard InChI is InChI=1S/C9H9NO.C2H6.H2/c11-9-6-7-4-2-1-3-5-8(7)10-9;1-2;/h2-5H,1,6H2,(H,10,11);1-2H3;1H. The van der Waals surface area contributed by atoms with Crippen molar-refractivity contribution in [3.8, 4) is 0 Å². The second-order valence-electron chi connectivity index (χ2n) is 2.70. The maximum Gasteiger partial charge on any atom is 0.228 e. The van der Waals surface area contributed by atoms with Gasteiger partial charge in [0.25, 0.3) is 0 Å². The van der Waals surface area contributed by atoms with Crippen molar-refractivity contribution in [2.24, 2.45) is 0 Å². The molecule has 2 heteroatoms. The molecule has 2 rings (SSSR count). The van der Waals surface area contributed by atoms with Gasteiger partial charge in [0.15, 0.2) is 0 Å². The minimum Gasteiger partial charge on any atom is -0.326 e. The third-order valence-electron chi connectivity index (χ3n) is 1.85. The summed E-state index contributed by atoms with van der Waals surface area (Å²) in [6.07, 6.45) is 9.61. The Bertz CT molecular complexity index is 264. The van der Waals surface area contributed by atoms with Crippen LogP contribution in [-0.2, 0) is 4.79 Å². The normalized spacial score (nSPS) is 18.8. The summed E-state index contributed by atoms with van der Waals surface area (Å²) in [5.74, 6) is 0.103. The molecule has 2 nitrogen and oxygen atoms in total. The van der Waals surface area contributed by atoms with Crippen LogP contribution in [0.3, 0.4) is 0 Å². The Balaban J connectivity index is 0.000000531. The average molecular weight is 179 g/mol. The van der Waals surface area contributed by atoms with Gasteiger partial charge in [-0.15, -0.1) is 0 Å². The van der Waals surface area contributed by atoms with Crippen molar-refractivity contribution in [1.82, 2.24) is 5.32 Å². The summed E-state index contributed by atoms with van der Waals surface area (Å²) in [7, 11) is 0. The molecule has 0 bridgehead atoms. The highest BCUT2D eigenvalue weighted by Crippen LogP contribution is 2.19. The lowest BCUT2D eigenvalue weighted by Gasteiger charge is -1.93. The number of hydrogen-bond donors (Lipinski definition) is 1. The summed E-state index contributed by atoms with van der Waals surface area (Å²) in [6, 6.07) is 0. The van der Waals surface area contributed by atoms with Gasteiger partial charge in [-0.25, -0.2) is 0 Å². The number of hydrogen-bond acceptors (Lipinski definition) is 1. The fourth-order valence-electron chi connectivity index (χ4n) is 1.32. The maximum absolute atomic E-state index is 10.9. The van der Waals surface area contributed by atoms with Crippen LogP contribution >= 0.6 is 0 Å². The van der Waals surface area contributed by atoms with E-state index in [9.17, 15) is 4.79 Å². The second-order valence-corrected chi connectivity index (χ2v) is 2.70. The topological polar surface area (TPSA) is 29.1 Å². The minimum atomic E-state index is 0. The zero-order valence-electron chi connectivity index (χ0n) is 8.13. The SMILES string of the molecule is CC.O=C1CC2=C(C=CCC=C2)N1.[HH]. The van der Waals surface area contributed by atoms with Crippen LogP contribution in [0.25, 0.3) is 0 Å². The molecule has 13 heavy (non-hydrogen) atoms. The van der Waals surface area contributed by atoms with Crippen molar-refractivity contribution < 1.29 is 6.22 Å². The highest BCUT2D eigenvalue weighted by molar-refractivity contribution is 5.86. The number of nitrogens with one attached hydrogen (secondary N) is 1. The van der Waals surface area contributed by atoms with E-state index in [1.165, 1.54) is 0 Å². The number of carbonyl (C=O) groups excluding carboxylic acids is 1. The molecule has 2 aliphatic rings. The third kappa shape index (κ3) is 2.31. The molecule has 0 fully saturated rings. The molecule has 1 heterocycles. The summed E-state index contributed by atoms with van der Waals surface area (Å²) in [5.41, 5.74) is 2.09. The number of rotatable bonds is 0. The van der Waals surface area contributed by atoms with Crippen molar-refractivity contribution in [2.75, 3.05) is 0 Å². The zero-order valence-corrected chi connectivity index (χ0v) is 8.13. The summed E-state index contributed by atoms with van der Waals surface area (Å²) >= 11 is 0. The van der Waals surface area contributed by atoms with Crippen molar-refractivity contribution >= 4 is 5.91 Å². The van der Waals surface area contributed by atoms with Crippen molar-refractivity contribution in [2.45, 2.75) is 26.7 Å². The van der Waals surface area contributed by atoms with E-state index in [1.54, 1.807) is 0 Å². The molecule has 0 aromatic carbocycles. The van der Waals surface area contributed by atoms with Gasteiger partial charge in [-0.05, 0) is 18.1 Å². The van der Waals surface area contributed by atoms with E-state index in [2.05, 4.69) is 11.4 Å². The van der Waals surface area contributed by atoms with Gasteiger partial charge in [0.05, 0.1) is 6.42 Å². The van der Waals surface area contributed by atoms with Crippen LogP contribution in [0.5, 0.6) is 0 Å². The van der Waals surface area contributed by atoms with E-state index < -0.39 is 0 Å². The highest BCUT2D eigenvalue weighted by atomic mass is 16.1. The first-order chi connectivity index (χ1) is 6.36. The predicted octanol–water partition coefficient (Wildman–Crippen LogP) is 2.55. The summed E-state index contributed by atoms with van der Waals surface area (Å²) in [6.45, 7) is 4.00. The molecule has 1 aliphatic heterocycles. The van der Waals surface area contributed by atoms with E-state index in [0.717, 1.165) is 17.7 Å². The van der Waals surface area contributed by atoms with Crippen LogP contribution < -0.4 is 5.32 Å². The maximum atomic E-state index is 10.9. The van der Waals surface area contributed by atoms with E-state index in [-0.39, 0.29) is 7.33 Å². The molecule has 0 aromatic heterocycles. The van der Waals surface area contributed by atoms with Gasteiger partial charge < -0.3 is 5.32 Å². The van der Waals surface area contributed by atoms with Crippen LogP contribution in [0.2, 0.25) is 0 Å². The zero-order chi connectivity index (χ0) is 9.68. The lowest BCUT2D eigenvalue weighted by molar-refractivity contribution is -0.118. The Morgan fingerprint density at radius 2 is 2.00 bits per heavy atom. The largest absolute Gasteiger partial charge is 0.326 e. The van der Waals surface area contributed by atoms with Gasteiger partial charge >= 0.3 is 0 Å². The molecular formula is C11H17NO. The first kappa shape index (κ1) is 9.78. The fraction of sp³-hybridized carbons (Fsp3) is 0.364. The van der Waals surface area contributed by atoms with Gasteiger partial charge in [0.2, 0.25) is 5.91 Å². The Morgan fingerprint density at radius 3 is 2.77 bits per heavy atom. The first-order valence-corrected chi connectivity index (χ1v) is 4.72. The van der Waals surface area contributed by atoms with Gasteiger partial charge in [-0.1, -0.05) is 32.1 Å². The smallest absolute Gasteiger partial charge is 0.228 e. The molecule has 0 unspecified atom stereocenters. The van der Waals surface area contributed by atoms with Crippen LogP contribution in [0.1, 0.15) is 28.1 Å². The van der Waals surface area contributed by atoms with Gasteiger partial charge in [-0.3, -0.25) is 4.79 Å². The molecule has 1 N–H and O–H groups in total. The summed E-state index contributed by atoms with van der Waals surface area (Å²) in [5, 5.41) is 2.80. The van der Waals surface area contributed by atoms with Crippen LogP contribution in [0, 0.1) is 0 Å². The van der Waals surface area contributed by atoms with Crippen LogP contribution in [0.15, 0.2) is 35.6 Å². The Morgan fingerprint density at radius 1 is 1.31 bits per heavy atom. The first-order valence-electron chi connectivity index (χ1n) is 4.72. The number of allylic oxidation sites excluding steroid dienone is 4. The van der Waals surface area contributed by atoms with Gasteiger partial charge in [0, 0.05) is 7.12 Å². The number of carbonyl (C=O) groups is 1. The number of amides is 1. The average Bonchev–Trinajstić information content (AvgIpc) is 2.36. The molecule has 1 aliphatic carbocycles. The molecular weight excluding hydrogens is 162 g/mol. The predicted molar refractivity (Wildman–Crippen MR) is 56.1 cm³/mol. The van der Waals surface area contributed by atoms with Gasteiger partial charge in [-0.2, -0.15) is 0 Å². The van der Waals surface area contributed by atoms with Crippen molar-refractivity contribution in [3.05, 3.63) is 35.6 Å². The minimum absolute atomic E-state index is 0. The molecule has 1 amide bonds. The quantitative estimate of drug-likeness (QED) is 0.608. The molecule has 72 valence electrons. The monoisotopic (exact) mass is 179 g/mol. The van der Waals surface area contributed by atoms with E-state index in [1.807, 2.05) is 32.1 Å². The Hall–Kier alpha value is -1.31.